The first kappa shape index (κ1) is 66.5. The summed E-state index contributed by atoms with van der Waals surface area (Å²) in [4.78, 5) is 41.5. The zero-order valence-electron chi connectivity index (χ0n) is 50.9. The summed E-state index contributed by atoms with van der Waals surface area (Å²) in [6.07, 6.45) is 5.72. The van der Waals surface area contributed by atoms with Crippen LogP contribution in [-0.4, -0.2) is 224 Å². The molecule has 0 unspecified atom stereocenters. The van der Waals surface area contributed by atoms with Crippen molar-refractivity contribution in [1.82, 2.24) is 59.6 Å². The van der Waals surface area contributed by atoms with Crippen molar-refractivity contribution >= 4 is 53.3 Å². The van der Waals surface area contributed by atoms with E-state index in [9.17, 15) is 9.59 Å². The van der Waals surface area contributed by atoms with Crippen LogP contribution < -0.4 is 20.0 Å². The molecule has 0 aliphatic carbocycles. The van der Waals surface area contributed by atoms with E-state index in [1.54, 1.807) is 9.80 Å². The van der Waals surface area contributed by atoms with E-state index in [1.807, 2.05) is 108 Å². The van der Waals surface area contributed by atoms with E-state index in [0.29, 0.717) is 26.2 Å². The summed E-state index contributed by atoms with van der Waals surface area (Å²) >= 11 is 5.35. The second kappa shape index (κ2) is 32.5. The molecule has 3 aromatic carbocycles. The van der Waals surface area contributed by atoms with E-state index >= 15 is 0 Å². The molecule has 3 fully saturated rings. The molecule has 82 heavy (non-hydrogen) atoms. The number of likely N-dealkylation sites (N-methyl/N-ethyl adjacent to an activating group) is 2. The Hall–Kier alpha value is -6.35. The average molecular weight is 1170 g/mol. The molecule has 6 aromatic rings. The van der Waals surface area contributed by atoms with Gasteiger partial charge in [0.25, 0.3) is 0 Å². The number of carbonyl (C=O) groups is 2. The number of nitrogens with one attached hydrogen (secondary N) is 2. The van der Waals surface area contributed by atoms with E-state index in [-0.39, 0.29) is 24.6 Å². The summed E-state index contributed by atoms with van der Waals surface area (Å²) in [5, 5.41) is 20.4. The Morgan fingerprint density at radius 3 is 1.24 bits per heavy atom. The van der Waals surface area contributed by atoms with Crippen molar-refractivity contribution < 1.29 is 19.1 Å². The number of hydrogen-bond acceptors (Lipinski definition) is 14. The van der Waals surface area contributed by atoms with E-state index in [2.05, 4.69) is 140 Å². The molecular formula is C61H93Cl2N15O4. The first-order chi connectivity index (χ1) is 38.7. The quantitative estimate of drug-likeness (QED) is 0.0997. The van der Waals surface area contributed by atoms with Gasteiger partial charge in [-0.25, -0.2) is 9.59 Å². The number of aromatic amines is 1. The Balaban J connectivity index is 0.000000215. The number of anilines is 3. The molecule has 19 nitrogen and oxygen atoms in total. The Morgan fingerprint density at radius 1 is 0.524 bits per heavy atom. The standard InChI is InChI=1S/C22H33N5O2.C18H24N4O2.C17H25N5.C4H10ClN.ClH/c1-22(2,3)29-21(28)26-14-12-25(13-15-26)19-17-27(16-11-24(4)5)23-20(19)18-9-7-6-8-10-18;1-18(2,3)24-17(23)22-11-9-21(10-12-22)15-13-19-20-16(15)14-7-5-4-6-8-14;1-20(2)12-13-22-14-16(21-10-8-18-9-11-21)17(19-22)15-6-4-3-5-7-15;1-6(2)4-3-5;/h6-10,17H,11-16H2,1-5H3;4-8,13H,9-12H2,1-3H3,(H,19,20);3-7,14,18H,8-13H2,1-2H3;3-4H2,1-2H3;1H. The van der Waals surface area contributed by atoms with E-state index in [0.717, 1.165) is 131 Å². The smallest absolute Gasteiger partial charge is 0.410 e. The lowest BCUT2D eigenvalue weighted by atomic mass is 10.1. The van der Waals surface area contributed by atoms with Gasteiger partial charge in [0.2, 0.25) is 0 Å². The van der Waals surface area contributed by atoms with Crippen molar-refractivity contribution in [2.75, 3.05) is 161 Å². The molecule has 0 saturated carbocycles. The summed E-state index contributed by atoms with van der Waals surface area (Å²) in [7, 11) is 12.3. The molecule has 9 rings (SSSR count). The van der Waals surface area contributed by atoms with Crippen molar-refractivity contribution in [3.05, 3.63) is 110 Å². The maximum atomic E-state index is 12.4. The lowest BCUT2D eigenvalue weighted by molar-refractivity contribution is 0.0230. The number of carbonyl (C=O) groups excluding carboxylic acids is 2. The van der Waals surface area contributed by atoms with Gasteiger partial charge in [-0.15, -0.1) is 24.0 Å². The van der Waals surface area contributed by atoms with Crippen LogP contribution in [-0.2, 0) is 22.6 Å². The number of nitrogens with zero attached hydrogens (tertiary/aromatic N) is 13. The number of amides is 2. The fraction of sp³-hybridized carbons (Fsp3) is 0.525. The van der Waals surface area contributed by atoms with Crippen LogP contribution in [0.3, 0.4) is 0 Å². The van der Waals surface area contributed by atoms with Crippen LogP contribution in [0.25, 0.3) is 33.8 Å². The third-order valence-corrected chi connectivity index (χ3v) is 13.5. The summed E-state index contributed by atoms with van der Waals surface area (Å²) in [6, 6.07) is 30.9. The third-order valence-electron chi connectivity index (χ3n) is 13.3. The highest BCUT2D eigenvalue weighted by Crippen LogP contribution is 2.33. The van der Waals surface area contributed by atoms with Gasteiger partial charge in [-0.1, -0.05) is 91.0 Å². The fourth-order valence-electron chi connectivity index (χ4n) is 9.05. The van der Waals surface area contributed by atoms with Crippen molar-refractivity contribution in [2.24, 2.45) is 0 Å². The molecular weight excluding hydrogens is 1080 g/mol. The minimum absolute atomic E-state index is 0. The predicted molar refractivity (Wildman–Crippen MR) is 338 cm³/mol. The topological polar surface area (TPSA) is 155 Å². The van der Waals surface area contributed by atoms with Gasteiger partial charge in [0.1, 0.15) is 22.6 Å². The Bertz CT molecular complexity index is 2760. The Morgan fingerprint density at radius 2 is 0.890 bits per heavy atom. The maximum Gasteiger partial charge on any atom is 0.410 e. The molecule has 3 aromatic heterocycles. The molecule has 2 amide bonds. The Labute approximate surface area is 499 Å². The molecule has 0 spiro atoms. The second-order valence-corrected chi connectivity index (χ2v) is 23.6. The van der Waals surface area contributed by atoms with Gasteiger partial charge in [0.15, 0.2) is 0 Å². The van der Waals surface area contributed by atoms with Gasteiger partial charge in [0, 0.05) is 133 Å². The number of aromatic nitrogens is 6. The minimum Gasteiger partial charge on any atom is -0.444 e. The molecule has 450 valence electrons. The van der Waals surface area contributed by atoms with Gasteiger partial charge in [-0.05, 0) is 83.8 Å². The lowest BCUT2D eigenvalue weighted by Gasteiger charge is -2.36. The summed E-state index contributed by atoms with van der Waals surface area (Å²) in [5.74, 6) is 0.729. The van der Waals surface area contributed by atoms with Gasteiger partial charge >= 0.3 is 12.2 Å². The number of H-pyrrole nitrogens is 1. The van der Waals surface area contributed by atoms with Gasteiger partial charge < -0.3 is 54.0 Å². The zero-order chi connectivity index (χ0) is 58.5. The first-order valence-corrected chi connectivity index (χ1v) is 29.0. The summed E-state index contributed by atoms with van der Waals surface area (Å²) in [5.41, 5.74) is 9.05. The first-order valence-electron chi connectivity index (χ1n) is 28.4. The minimum atomic E-state index is -0.470. The number of halogens is 2. The van der Waals surface area contributed by atoms with Crippen LogP contribution >= 0.6 is 24.0 Å². The highest BCUT2D eigenvalue weighted by Gasteiger charge is 2.30. The van der Waals surface area contributed by atoms with Crippen LogP contribution in [0.15, 0.2) is 110 Å². The van der Waals surface area contributed by atoms with Gasteiger partial charge in [-0.3, -0.25) is 14.5 Å². The molecule has 2 N–H and O–H groups in total. The van der Waals surface area contributed by atoms with Crippen LogP contribution in [0.2, 0.25) is 0 Å². The third kappa shape index (κ3) is 21.4. The van der Waals surface area contributed by atoms with Gasteiger partial charge in [-0.2, -0.15) is 15.3 Å². The van der Waals surface area contributed by atoms with E-state index in [4.69, 9.17) is 31.3 Å². The molecule has 0 radical (unpaired) electrons. The SMILES string of the molecule is CC(C)(C)OC(=O)N1CCN(c2cn[nH]c2-c2ccccc2)CC1.CN(C)CCCl.CN(C)CCn1cc(N2CCN(C(=O)OC(C)(C)C)CC2)c(-c2ccccc2)n1.CN(C)CCn1cc(N2CCNCC2)c(-c2ccccc2)n1.Cl. The van der Waals surface area contributed by atoms with Gasteiger partial charge in [0.05, 0.1) is 42.0 Å². The van der Waals surface area contributed by atoms with Crippen LogP contribution in [0.5, 0.6) is 0 Å². The zero-order valence-corrected chi connectivity index (χ0v) is 52.4. The van der Waals surface area contributed by atoms with Crippen molar-refractivity contribution in [3.8, 4) is 33.8 Å². The fourth-order valence-corrected chi connectivity index (χ4v) is 9.38. The molecule has 3 aliphatic rings. The largest absolute Gasteiger partial charge is 0.444 e. The highest BCUT2D eigenvalue weighted by atomic mass is 35.5. The molecule has 6 heterocycles. The van der Waals surface area contributed by atoms with E-state index in [1.165, 1.54) is 11.3 Å². The van der Waals surface area contributed by atoms with Crippen molar-refractivity contribution in [3.63, 3.8) is 0 Å². The highest BCUT2D eigenvalue weighted by molar-refractivity contribution is 6.18. The number of rotatable bonds is 14. The number of benzene rings is 3. The molecule has 3 saturated heterocycles. The normalized spacial score (nSPS) is 14.8. The van der Waals surface area contributed by atoms with E-state index < -0.39 is 11.2 Å². The van der Waals surface area contributed by atoms with Crippen LogP contribution in [0.4, 0.5) is 26.7 Å². The molecule has 0 bridgehead atoms. The average Bonchev–Trinajstić information content (AvgIpc) is 4.24. The number of ether oxygens (including phenoxy) is 2. The Kier molecular flexibility index (Phi) is 26.3. The lowest BCUT2D eigenvalue weighted by Crippen LogP contribution is -2.50. The summed E-state index contributed by atoms with van der Waals surface area (Å²) < 4.78 is 15.1. The molecule has 0 atom stereocenters. The predicted octanol–water partition coefficient (Wildman–Crippen LogP) is 9.03. The second-order valence-electron chi connectivity index (χ2n) is 23.2. The monoisotopic (exact) mass is 1170 g/mol. The maximum absolute atomic E-state index is 12.4. The van der Waals surface area contributed by atoms with Crippen molar-refractivity contribution in [2.45, 2.75) is 65.8 Å². The molecule has 21 heteroatoms. The molecule has 3 aliphatic heterocycles. The van der Waals surface area contributed by atoms with Crippen LogP contribution in [0, 0.1) is 0 Å². The van der Waals surface area contributed by atoms with Crippen LogP contribution in [0.1, 0.15) is 41.5 Å². The number of hydrogen-bond donors (Lipinski definition) is 2. The number of alkyl halides is 1. The van der Waals surface area contributed by atoms with Crippen molar-refractivity contribution in [1.29, 1.82) is 0 Å². The summed E-state index contributed by atoms with van der Waals surface area (Å²) in [6.45, 7) is 25.8. The number of piperazine rings is 3.